The lowest BCUT2D eigenvalue weighted by molar-refractivity contribution is 0.0614. The molecule has 1 aliphatic carbocycles. The number of rotatable bonds is 3. The molecule has 3 heteroatoms. The van der Waals surface area contributed by atoms with Crippen LogP contribution in [0.4, 0.5) is 0 Å². The van der Waals surface area contributed by atoms with Crippen molar-refractivity contribution in [1.29, 1.82) is 0 Å². The molecule has 2 rings (SSSR count). The van der Waals surface area contributed by atoms with Gasteiger partial charge in [-0.2, -0.15) is 0 Å². The van der Waals surface area contributed by atoms with Gasteiger partial charge in [0, 0.05) is 18.2 Å². The number of hydrogen-bond donors (Lipinski definition) is 0. The Balaban J connectivity index is 2.12. The second kappa shape index (κ2) is 5.39. The molecular formula is C14H21NO2. The quantitative estimate of drug-likeness (QED) is 0.804. The van der Waals surface area contributed by atoms with Gasteiger partial charge in [0.15, 0.2) is 5.76 Å². The smallest absolute Gasteiger partial charge is 0.290 e. The second-order valence-electron chi connectivity index (χ2n) is 4.82. The summed E-state index contributed by atoms with van der Waals surface area (Å²) in [7, 11) is 0. The van der Waals surface area contributed by atoms with Crippen LogP contribution in [-0.4, -0.2) is 23.4 Å². The first-order chi connectivity index (χ1) is 8.24. The monoisotopic (exact) mass is 235 g/mol. The maximum Gasteiger partial charge on any atom is 0.290 e. The maximum atomic E-state index is 12.4. The summed E-state index contributed by atoms with van der Waals surface area (Å²) < 4.78 is 5.31. The van der Waals surface area contributed by atoms with Crippen LogP contribution in [0, 0.1) is 6.92 Å². The van der Waals surface area contributed by atoms with Crippen molar-refractivity contribution in [2.24, 2.45) is 0 Å². The molecule has 0 N–H and O–H groups in total. The number of carbonyl (C=O) groups excluding carboxylic acids is 1. The lowest BCUT2D eigenvalue weighted by Crippen LogP contribution is -2.41. The molecule has 0 spiro atoms. The molecule has 1 fully saturated rings. The molecular weight excluding hydrogens is 214 g/mol. The third-order valence-corrected chi connectivity index (χ3v) is 3.67. The molecule has 0 saturated heterocycles. The lowest BCUT2D eigenvalue weighted by Gasteiger charge is -2.33. The van der Waals surface area contributed by atoms with E-state index in [9.17, 15) is 4.79 Å². The van der Waals surface area contributed by atoms with Crippen LogP contribution in [0.15, 0.2) is 16.7 Å². The zero-order valence-corrected chi connectivity index (χ0v) is 10.7. The van der Waals surface area contributed by atoms with Gasteiger partial charge >= 0.3 is 0 Å². The van der Waals surface area contributed by atoms with Gasteiger partial charge in [0.1, 0.15) is 0 Å². The summed E-state index contributed by atoms with van der Waals surface area (Å²) in [6.45, 7) is 4.74. The number of aryl methyl sites for hydroxylation is 1. The largest absolute Gasteiger partial charge is 0.459 e. The molecule has 0 unspecified atom stereocenters. The first kappa shape index (κ1) is 12.2. The topological polar surface area (TPSA) is 33.5 Å². The van der Waals surface area contributed by atoms with E-state index in [1.54, 1.807) is 6.26 Å². The number of furan rings is 1. The van der Waals surface area contributed by atoms with E-state index in [-0.39, 0.29) is 5.91 Å². The Morgan fingerprint density at radius 1 is 1.41 bits per heavy atom. The summed E-state index contributed by atoms with van der Waals surface area (Å²) in [5, 5.41) is 0. The summed E-state index contributed by atoms with van der Waals surface area (Å²) in [4.78, 5) is 14.4. The fraction of sp³-hybridized carbons (Fsp3) is 0.643. The zero-order valence-electron chi connectivity index (χ0n) is 10.7. The van der Waals surface area contributed by atoms with Crippen molar-refractivity contribution in [1.82, 2.24) is 4.90 Å². The number of hydrogen-bond acceptors (Lipinski definition) is 2. The van der Waals surface area contributed by atoms with E-state index in [0.29, 0.717) is 11.8 Å². The Bertz CT molecular complexity index is 377. The lowest BCUT2D eigenvalue weighted by atomic mass is 9.94. The van der Waals surface area contributed by atoms with Crippen molar-refractivity contribution < 1.29 is 9.21 Å². The van der Waals surface area contributed by atoms with Gasteiger partial charge in [-0.3, -0.25) is 4.79 Å². The molecule has 0 aliphatic heterocycles. The van der Waals surface area contributed by atoms with E-state index in [4.69, 9.17) is 4.42 Å². The molecule has 3 nitrogen and oxygen atoms in total. The van der Waals surface area contributed by atoms with Crippen LogP contribution >= 0.6 is 0 Å². The maximum absolute atomic E-state index is 12.4. The van der Waals surface area contributed by atoms with Gasteiger partial charge in [-0.25, -0.2) is 0 Å². The Morgan fingerprint density at radius 3 is 2.65 bits per heavy atom. The van der Waals surface area contributed by atoms with E-state index < -0.39 is 0 Å². The van der Waals surface area contributed by atoms with Crippen LogP contribution in [0.1, 0.15) is 55.1 Å². The van der Waals surface area contributed by atoms with Crippen molar-refractivity contribution in [3.05, 3.63) is 23.7 Å². The number of carbonyl (C=O) groups is 1. The molecule has 17 heavy (non-hydrogen) atoms. The molecule has 1 aromatic heterocycles. The Morgan fingerprint density at radius 2 is 2.12 bits per heavy atom. The molecule has 0 bridgehead atoms. The average Bonchev–Trinajstić information content (AvgIpc) is 2.77. The molecule has 0 radical (unpaired) electrons. The van der Waals surface area contributed by atoms with Crippen molar-refractivity contribution >= 4 is 5.91 Å². The molecule has 94 valence electrons. The molecule has 1 heterocycles. The van der Waals surface area contributed by atoms with E-state index in [1.165, 1.54) is 19.3 Å². The van der Waals surface area contributed by atoms with Crippen molar-refractivity contribution in [3.8, 4) is 0 Å². The predicted molar refractivity (Wildman–Crippen MR) is 67.0 cm³/mol. The third-order valence-electron chi connectivity index (χ3n) is 3.67. The van der Waals surface area contributed by atoms with Gasteiger partial charge in [-0.1, -0.05) is 19.3 Å². The fourth-order valence-corrected chi connectivity index (χ4v) is 2.68. The van der Waals surface area contributed by atoms with Crippen molar-refractivity contribution in [2.45, 2.75) is 52.0 Å². The van der Waals surface area contributed by atoms with Gasteiger partial charge < -0.3 is 9.32 Å². The molecule has 0 atom stereocenters. The zero-order chi connectivity index (χ0) is 12.3. The van der Waals surface area contributed by atoms with Crippen molar-refractivity contribution in [3.63, 3.8) is 0 Å². The van der Waals surface area contributed by atoms with E-state index in [2.05, 4.69) is 0 Å². The van der Waals surface area contributed by atoms with Crippen LogP contribution in [0.3, 0.4) is 0 Å². The summed E-state index contributed by atoms with van der Waals surface area (Å²) in [6.07, 6.45) is 7.66. The van der Waals surface area contributed by atoms with Gasteiger partial charge in [-0.05, 0) is 32.8 Å². The standard InChI is InChI=1S/C14H21NO2/c1-3-15(12-7-5-4-6-8-12)14(16)13-11(2)9-10-17-13/h9-10,12H,3-8H2,1-2H3. The minimum absolute atomic E-state index is 0.0573. The van der Waals surface area contributed by atoms with Gasteiger partial charge in [0.25, 0.3) is 5.91 Å². The van der Waals surface area contributed by atoms with E-state index >= 15 is 0 Å². The van der Waals surface area contributed by atoms with E-state index in [0.717, 1.165) is 24.9 Å². The molecule has 1 amide bonds. The molecule has 1 aromatic rings. The summed E-state index contributed by atoms with van der Waals surface area (Å²) >= 11 is 0. The Labute approximate surface area is 103 Å². The molecule has 1 saturated carbocycles. The highest BCUT2D eigenvalue weighted by Gasteiger charge is 2.27. The summed E-state index contributed by atoms with van der Waals surface area (Å²) in [5.74, 6) is 0.569. The van der Waals surface area contributed by atoms with Crippen LogP contribution in [0.25, 0.3) is 0 Å². The van der Waals surface area contributed by atoms with Gasteiger partial charge in [0.2, 0.25) is 0 Å². The van der Waals surface area contributed by atoms with Gasteiger partial charge in [-0.15, -0.1) is 0 Å². The predicted octanol–water partition coefficient (Wildman–Crippen LogP) is 3.38. The third kappa shape index (κ3) is 2.54. The SMILES string of the molecule is CCN(C(=O)c1occc1C)C1CCCCC1. The van der Waals surface area contributed by atoms with Gasteiger partial charge in [0.05, 0.1) is 6.26 Å². The second-order valence-corrected chi connectivity index (χ2v) is 4.82. The Kier molecular flexibility index (Phi) is 3.87. The highest BCUT2D eigenvalue weighted by molar-refractivity contribution is 5.93. The van der Waals surface area contributed by atoms with Crippen LogP contribution in [0.2, 0.25) is 0 Å². The van der Waals surface area contributed by atoms with Crippen LogP contribution in [-0.2, 0) is 0 Å². The Hall–Kier alpha value is -1.25. The number of nitrogens with zero attached hydrogens (tertiary/aromatic N) is 1. The minimum Gasteiger partial charge on any atom is -0.459 e. The first-order valence-electron chi connectivity index (χ1n) is 6.59. The normalized spacial score (nSPS) is 17.1. The summed E-state index contributed by atoms with van der Waals surface area (Å²) in [5.41, 5.74) is 0.934. The van der Waals surface area contributed by atoms with Crippen LogP contribution in [0.5, 0.6) is 0 Å². The fourth-order valence-electron chi connectivity index (χ4n) is 2.68. The number of amides is 1. The van der Waals surface area contributed by atoms with Crippen molar-refractivity contribution in [2.75, 3.05) is 6.54 Å². The van der Waals surface area contributed by atoms with E-state index in [1.807, 2.05) is 24.8 Å². The average molecular weight is 235 g/mol. The first-order valence-corrected chi connectivity index (χ1v) is 6.59. The highest BCUT2D eigenvalue weighted by Crippen LogP contribution is 2.24. The minimum atomic E-state index is 0.0573. The van der Waals surface area contributed by atoms with Crippen LogP contribution < -0.4 is 0 Å². The highest BCUT2D eigenvalue weighted by atomic mass is 16.3. The molecule has 0 aromatic carbocycles. The molecule has 1 aliphatic rings. The summed E-state index contributed by atoms with van der Waals surface area (Å²) in [6, 6.07) is 2.26.